The molecule has 0 fully saturated rings. The summed E-state index contributed by atoms with van der Waals surface area (Å²) in [4.78, 5) is 40.7. The van der Waals surface area contributed by atoms with Crippen LogP contribution in [0.15, 0.2) is 29.2 Å². The summed E-state index contributed by atoms with van der Waals surface area (Å²) in [5.74, 6) is -1.14. The summed E-state index contributed by atoms with van der Waals surface area (Å²) >= 11 is 0. The highest BCUT2D eigenvalue weighted by Gasteiger charge is 2.26. The Bertz CT molecular complexity index is 1110. The fourth-order valence-electron chi connectivity index (χ4n) is 3.20. The summed E-state index contributed by atoms with van der Waals surface area (Å²) in [6.45, 7) is 0. The van der Waals surface area contributed by atoms with Crippen molar-refractivity contribution in [2.75, 3.05) is 0 Å². The summed E-state index contributed by atoms with van der Waals surface area (Å²) in [7, 11) is 0. The summed E-state index contributed by atoms with van der Waals surface area (Å²) in [6, 6.07) is 5.28. The van der Waals surface area contributed by atoms with Crippen LogP contribution < -0.4 is 10.3 Å². The van der Waals surface area contributed by atoms with Gasteiger partial charge in [0.05, 0.1) is 24.0 Å². The molecule has 9 heteroatoms. The zero-order valence-electron chi connectivity index (χ0n) is 12.6. The SMILES string of the molecule is O=C(O)Cc1cccc2c1Cc1c-2[nH]c(=O)c2nc(OC(=O)O)cn12. The molecule has 25 heavy (non-hydrogen) atoms. The maximum Gasteiger partial charge on any atom is 0.512 e. The van der Waals surface area contributed by atoms with Gasteiger partial charge in [-0.05, 0) is 11.1 Å². The third-order valence-corrected chi connectivity index (χ3v) is 4.12. The summed E-state index contributed by atoms with van der Waals surface area (Å²) in [5.41, 5.74) is 3.02. The normalized spacial score (nSPS) is 12.0. The van der Waals surface area contributed by atoms with E-state index in [-0.39, 0.29) is 17.9 Å². The number of hydrogen-bond donors (Lipinski definition) is 3. The van der Waals surface area contributed by atoms with E-state index in [0.717, 1.165) is 11.1 Å². The van der Waals surface area contributed by atoms with Crippen LogP contribution in [0, 0.1) is 0 Å². The number of ether oxygens (including phenoxy) is 1. The number of fused-ring (bicyclic) bond motifs is 5. The number of H-pyrrole nitrogens is 1. The molecule has 0 atom stereocenters. The van der Waals surface area contributed by atoms with Gasteiger partial charge in [0.2, 0.25) is 11.5 Å². The first-order chi connectivity index (χ1) is 11.9. The van der Waals surface area contributed by atoms with E-state index in [0.29, 0.717) is 23.4 Å². The van der Waals surface area contributed by atoms with Gasteiger partial charge in [0, 0.05) is 12.0 Å². The molecule has 9 nitrogen and oxygen atoms in total. The highest BCUT2D eigenvalue weighted by Crippen LogP contribution is 2.37. The number of nitrogens with zero attached hydrogens (tertiary/aromatic N) is 2. The van der Waals surface area contributed by atoms with E-state index in [2.05, 4.69) is 14.7 Å². The lowest BCUT2D eigenvalue weighted by atomic mass is 10.0. The predicted octanol–water partition coefficient (Wildman–Crippen LogP) is 1.28. The van der Waals surface area contributed by atoms with Crippen LogP contribution in [-0.2, 0) is 17.6 Å². The topological polar surface area (TPSA) is 134 Å². The average molecular weight is 341 g/mol. The number of nitrogens with one attached hydrogen (secondary N) is 1. The molecular weight excluding hydrogens is 330 g/mol. The Morgan fingerprint density at radius 3 is 2.84 bits per heavy atom. The van der Waals surface area contributed by atoms with Gasteiger partial charge < -0.3 is 19.9 Å². The molecule has 0 amide bonds. The van der Waals surface area contributed by atoms with Gasteiger partial charge in [0.15, 0.2) is 0 Å². The van der Waals surface area contributed by atoms with Crippen molar-refractivity contribution in [1.82, 2.24) is 14.4 Å². The van der Waals surface area contributed by atoms with Gasteiger partial charge in [-0.3, -0.25) is 14.0 Å². The maximum atomic E-state index is 12.3. The molecule has 2 heterocycles. The zero-order chi connectivity index (χ0) is 17.7. The minimum absolute atomic E-state index is 0.0163. The second-order valence-electron chi connectivity index (χ2n) is 5.61. The van der Waals surface area contributed by atoms with Gasteiger partial charge in [-0.15, -0.1) is 0 Å². The Hall–Kier alpha value is -3.62. The Morgan fingerprint density at radius 1 is 1.32 bits per heavy atom. The van der Waals surface area contributed by atoms with Crippen LogP contribution in [0.25, 0.3) is 16.9 Å². The van der Waals surface area contributed by atoms with Crippen LogP contribution in [0.2, 0.25) is 0 Å². The largest absolute Gasteiger partial charge is 0.512 e. The molecule has 0 bridgehead atoms. The van der Waals surface area contributed by atoms with Crippen molar-refractivity contribution < 1.29 is 24.5 Å². The molecule has 0 saturated heterocycles. The van der Waals surface area contributed by atoms with E-state index >= 15 is 0 Å². The number of aromatic amines is 1. The Balaban J connectivity index is 1.91. The van der Waals surface area contributed by atoms with Crippen molar-refractivity contribution in [2.45, 2.75) is 12.8 Å². The van der Waals surface area contributed by atoms with Crippen molar-refractivity contribution in [1.29, 1.82) is 0 Å². The van der Waals surface area contributed by atoms with E-state index < -0.39 is 17.7 Å². The van der Waals surface area contributed by atoms with Gasteiger partial charge in [0.25, 0.3) is 5.56 Å². The lowest BCUT2D eigenvalue weighted by Gasteiger charge is -2.05. The van der Waals surface area contributed by atoms with E-state index in [1.807, 2.05) is 0 Å². The highest BCUT2D eigenvalue weighted by atomic mass is 16.7. The molecule has 1 aliphatic carbocycles. The molecule has 0 aliphatic heterocycles. The van der Waals surface area contributed by atoms with Crippen LogP contribution in [0.4, 0.5) is 4.79 Å². The average Bonchev–Trinajstić information content (AvgIpc) is 3.09. The summed E-state index contributed by atoms with van der Waals surface area (Å²) < 4.78 is 6.00. The van der Waals surface area contributed by atoms with Crippen molar-refractivity contribution in [2.24, 2.45) is 0 Å². The number of benzene rings is 1. The van der Waals surface area contributed by atoms with Crippen LogP contribution in [-0.4, -0.2) is 36.7 Å². The fourth-order valence-corrected chi connectivity index (χ4v) is 3.20. The Kier molecular flexibility index (Phi) is 3.11. The number of hydrogen-bond acceptors (Lipinski definition) is 5. The Morgan fingerprint density at radius 2 is 2.12 bits per heavy atom. The minimum Gasteiger partial charge on any atom is -0.481 e. The Labute approximate surface area is 139 Å². The van der Waals surface area contributed by atoms with Gasteiger partial charge in [0.1, 0.15) is 0 Å². The quantitative estimate of drug-likeness (QED) is 0.478. The molecule has 0 spiro atoms. The molecular formula is C16H11N3O6. The predicted molar refractivity (Wildman–Crippen MR) is 84.0 cm³/mol. The van der Waals surface area contributed by atoms with Crippen LogP contribution >= 0.6 is 0 Å². The number of carboxylic acid groups (broad SMARTS) is 2. The minimum atomic E-state index is -1.52. The van der Waals surface area contributed by atoms with Crippen LogP contribution in [0.3, 0.4) is 0 Å². The summed E-state index contributed by atoms with van der Waals surface area (Å²) in [6.07, 6.45) is 0.0790. The number of rotatable bonds is 3. The van der Waals surface area contributed by atoms with Crippen molar-refractivity contribution >= 4 is 17.8 Å². The smallest absolute Gasteiger partial charge is 0.481 e. The van der Waals surface area contributed by atoms with Crippen LogP contribution in [0.5, 0.6) is 5.88 Å². The van der Waals surface area contributed by atoms with Crippen molar-refractivity contribution in [3.63, 3.8) is 0 Å². The van der Waals surface area contributed by atoms with Gasteiger partial charge in [-0.25, -0.2) is 4.79 Å². The van der Waals surface area contributed by atoms with E-state index in [4.69, 9.17) is 10.2 Å². The lowest BCUT2D eigenvalue weighted by Crippen LogP contribution is -2.13. The number of carbonyl (C=O) groups is 2. The van der Waals surface area contributed by atoms with E-state index in [1.54, 1.807) is 18.2 Å². The lowest BCUT2D eigenvalue weighted by molar-refractivity contribution is -0.136. The van der Waals surface area contributed by atoms with E-state index in [9.17, 15) is 14.4 Å². The first-order valence-electron chi connectivity index (χ1n) is 7.32. The van der Waals surface area contributed by atoms with E-state index in [1.165, 1.54) is 10.6 Å². The first-order valence-corrected chi connectivity index (χ1v) is 7.32. The fraction of sp³-hybridized carbons (Fsp3) is 0.125. The number of aliphatic carboxylic acids is 1. The third-order valence-electron chi connectivity index (χ3n) is 4.12. The zero-order valence-corrected chi connectivity index (χ0v) is 12.6. The van der Waals surface area contributed by atoms with Crippen LogP contribution in [0.1, 0.15) is 16.8 Å². The number of imidazole rings is 1. The molecule has 3 aromatic rings. The molecule has 3 N–H and O–H groups in total. The number of aromatic nitrogens is 3. The molecule has 0 radical (unpaired) electrons. The van der Waals surface area contributed by atoms with Gasteiger partial charge in [-0.2, -0.15) is 4.98 Å². The monoisotopic (exact) mass is 341 g/mol. The molecule has 2 aromatic heterocycles. The maximum absolute atomic E-state index is 12.3. The van der Waals surface area contributed by atoms with Gasteiger partial charge >= 0.3 is 12.1 Å². The molecule has 0 saturated carbocycles. The highest BCUT2D eigenvalue weighted by molar-refractivity contribution is 5.78. The summed E-state index contributed by atoms with van der Waals surface area (Å²) in [5, 5.41) is 17.8. The molecule has 4 rings (SSSR count). The van der Waals surface area contributed by atoms with Crippen molar-refractivity contribution in [3.8, 4) is 17.1 Å². The third kappa shape index (κ3) is 2.33. The molecule has 0 unspecified atom stereocenters. The molecule has 1 aliphatic rings. The second-order valence-corrected chi connectivity index (χ2v) is 5.61. The molecule has 1 aromatic carbocycles. The first kappa shape index (κ1) is 14.9. The number of carboxylic acids is 1. The van der Waals surface area contributed by atoms with Crippen molar-refractivity contribution in [3.05, 3.63) is 51.6 Å². The molecule has 126 valence electrons. The standard InChI is InChI=1S/C16H11N3O6/c20-12(21)4-7-2-1-3-8-9(7)5-10-13(8)18-15(22)14-17-11(6-19(10)14)25-16(23)24/h1-3,6H,4-5H2,(H,18,22)(H,20,21)(H,23,24). The van der Waals surface area contributed by atoms with Gasteiger partial charge in [-0.1, -0.05) is 18.2 Å². The second kappa shape index (κ2) is 5.20.